The average Bonchev–Trinajstić information content (AvgIpc) is 2.70. The molecule has 0 radical (unpaired) electrons. The molecule has 0 bridgehead atoms. The number of halogens is 2. The number of carbonyl (C=O) groups excluding carboxylic acids is 2. The molecule has 1 aromatic heterocycles. The minimum atomic E-state index is -0.414. The van der Waals surface area contributed by atoms with Crippen molar-refractivity contribution < 1.29 is 14.3 Å². The lowest BCUT2D eigenvalue weighted by molar-refractivity contribution is 0.0526. The Kier molecular flexibility index (Phi) is 5.84. The third-order valence-corrected chi connectivity index (χ3v) is 4.26. The standard InChI is InChI=1S/C20H14Cl2N2O3/c1-2-27-20(26)14-10-8-12(9-11-14)15-18(21)24-16(19(22)23-15)17(25)13-6-4-3-5-7-13/h3-11H,2H2,1H3. The number of hydrogen-bond donors (Lipinski definition) is 0. The molecule has 0 saturated heterocycles. The summed E-state index contributed by atoms with van der Waals surface area (Å²) in [6.07, 6.45) is 0. The van der Waals surface area contributed by atoms with E-state index in [9.17, 15) is 9.59 Å². The van der Waals surface area contributed by atoms with Crippen LogP contribution < -0.4 is 0 Å². The Morgan fingerprint density at radius 2 is 1.56 bits per heavy atom. The van der Waals surface area contributed by atoms with Gasteiger partial charge in [-0.3, -0.25) is 4.79 Å². The molecule has 0 aliphatic heterocycles. The zero-order valence-corrected chi connectivity index (χ0v) is 15.8. The Balaban J connectivity index is 1.93. The number of carbonyl (C=O) groups is 2. The molecule has 0 aliphatic carbocycles. The summed E-state index contributed by atoms with van der Waals surface area (Å²) >= 11 is 12.4. The highest BCUT2D eigenvalue weighted by Crippen LogP contribution is 2.28. The normalized spacial score (nSPS) is 10.5. The Bertz CT molecular complexity index is 990. The van der Waals surface area contributed by atoms with Gasteiger partial charge in [-0.2, -0.15) is 0 Å². The molecule has 0 amide bonds. The van der Waals surface area contributed by atoms with Crippen molar-refractivity contribution in [3.63, 3.8) is 0 Å². The first-order valence-corrected chi connectivity index (χ1v) is 8.87. The molecule has 0 spiro atoms. The van der Waals surface area contributed by atoms with Gasteiger partial charge in [0.1, 0.15) is 5.69 Å². The Hall–Kier alpha value is -2.76. The van der Waals surface area contributed by atoms with Crippen LogP contribution in [-0.4, -0.2) is 28.3 Å². The third-order valence-electron chi connectivity index (χ3n) is 3.73. The van der Waals surface area contributed by atoms with E-state index >= 15 is 0 Å². The summed E-state index contributed by atoms with van der Waals surface area (Å²) in [5.41, 5.74) is 1.77. The van der Waals surface area contributed by atoms with E-state index in [1.165, 1.54) is 0 Å². The molecular weight excluding hydrogens is 387 g/mol. The van der Waals surface area contributed by atoms with Crippen molar-refractivity contribution in [2.75, 3.05) is 6.61 Å². The van der Waals surface area contributed by atoms with Crippen molar-refractivity contribution in [3.8, 4) is 11.3 Å². The van der Waals surface area contributed by atoms with Crippen LogP contribution in [0.1, 0.15) is 33.3 Å². The van der Waals surface area contributed by atoms with Crippen molar-refractivity contribution in [1.82, 2.24) is 9.97 Å². The average molecular weight is 401 g/mol. The maximum atomic E-state index is 12.6. The molecule has 0 saturated carbocycles. The van der Waals surface area contributed by atoms with Crippen LogP contribution in [0.3, 0.4) is 0 Å². The molecule has 1 heterocycles. The van der Waals surface area contributed by atoms with Gasteiger partial charge in [0.25, 0.3) is 0 Å². The van der Waals surface area contributed by atoms with E-state index in [1.54, 1.807) is 61.5 Å². The quantitative estimate of drug-likeness (QED) is 0.451. The molecule has 0 N–H and O–H groups in total. The second kappa shape index (κ2) is 8.29. The first kappa shape index (κ1) is 19.0. The van der Waals surface area contributed by atoms with E-state index < -0.39 is 5.97 Å². The lowest BCUT2D eigenvalue weighted by atomic mass is 10.1. The predicted octanol–water partition coefficient (Wildman–Crippen LogP) is 4.86. The topological polar surface area (TPSA) is 69.2 Å². The van der Waals surface area contributed by atoms with Crippen LogP contribution in [0.2, 0.25) is 10.3 Å². The van der Waals surface area contributed by atoms with Crippen LogP contribution in [0.5, 0.6) is 0 Å². The molecule has 0 unspecified atom stereocenters. The van der Waals surface area contributed by atoms with Crippen molar-refractivity contribution >= 4 is 35.0 Å². The summed E-state index contributed by atoms with van der Waals surface area (Å²) in [4.78, 5) is 32.7. The number of ketones is 1. The van der Waals surface area contributed by atoms with E-state index in [2.05, 4.69) is 9.97 Å². The summed E-state index contributed by atoms with van der Waals surface area (Å²) in [6.45, 7) is 2.03. The minimum absolute atomic E-state index is 0.0141. The molecule has 7 heteroatoms. The molecule has 3 aromatic rings. The van der Waals surface area contributed by atoms with Crippen LogP contribution in [0.4, 0.5) is 0 Å². The van der Waals surface area contributed by atoms with Crippen molar-refractivity contribution in [2.24, 2.45) is 0 Å². The SMILES string of the molecule is CCOC(=O)c1ccc(-c2nc(Cl)c(C(=O)c3ccccc3)nc2Cl)cc1. The highest BCUT2D eigenvalue weighted by atomic mass is 35.5. The fourth-order valence-electron chi connectivity index (χ4n) is 2.43. The molecule has 3 rings (SSSR count). The van der Waals surface area contributed by atoms with Gasteiger partial charge < -0.3 is 4.74 Å². The van der Waals surface area contributed by atoms with E-state index in [0.29, 0.717) is 29.0 Å². The van der Waals surface area contributed by atoms with E-state index in [1.807, 2.05) is 0 Å². The van der Waals surface area contributed by atoms with Crippen molar-refractivity contribution in [3.05, 3.63) is 81.7 Å². The summed E-state index contributed by atoms with van der Waals surface area (Å²) in [6, 6.07) is 15.1. The Morgan fingerprint density at radius 1 is 0.889 bits per heavy atom. The fourth-order valence-corrected chi connectivity index (χ4v) is 2.88. The van der Waals surface area contributed by atoms with Crippen LogP contribution in [-0.2, 0) is 4.74 Å². The second-order valence-electron chi connectivity index (χ2n) is 5.50. The van der Waals surface area contributed by atoms with Gasteiger partial charge in [0.05, 0.1) is 12.2 Å². The van der Waals surface area contributed by atoms with Gasteiger partial charge in [0.2, 0.25) is 5.78 Å². The number of aromatic nitrogens is 2. The number of esters is 1. The van der Waals surface area contributed by atoms with Gasteiger partial charge in [-0.25, -0.2) is 14.8 Å². The maximum absolute atomic E-state index is 12.6. The van der Waals surface area contributed by atoms with Crippen LogP contribution >= 0.6 is 23.2 Å². The molecule has 5 nitrogen and oxygen atoms in total. The third kappa shape index (κ3) is 4.15. The molecule has 136 valence electrons. The highest BCUT2D eigenvalue weighted by molar-refractivity contribution is 6.35. The monoisotopic (exact) mass is 400 g/mol. The van der Waals surface area contributed by atoms with Gasteiger partial charge in [-0.1, -0.05) is 65.7 Å². The van der Waals surface area contributed by atoms with Crippen LogP contribution in [0.15, 0.2) is 54.6 Å². The fraction of sp³-hybridized carbons (Fsp3) is 0.100. The Labute approximate surface area is 165 Å². The molecule has 27 heavy (non-hydrogen) atoms. The lowest BCUT2D eigenvalue weighted by Gasteiger charge is -2.08. The van der Waals surface area contributed by atoms with Gasteiger partial charge >= 0.3 is 5.97 Å². The van der Waals surface area contributed by atoms with Crippen molar-refractivity contribution in [1.29, 1.82) is 0 Å². The Morgan fingerprint density at radius 3 is 2.19 bits per heavy atom. The lowest BCUT2D eigenvalue weighted by Crippen LogP contribution is -2.08. The van der Waals surface area contributed by atoms with Crippen LogP contribution in [0, 0.1) is 0 Å². The van der Waals surface area contributed by atoms with Gasteiger partial charge in [0, 0.05) is 11.1 Å². The number of hydrogen-bond acceptors (Lipinski definition) is 5. The summed E-state index contributed by atoms with van der Waals surface area (Å²) in [7, 11) is 0. The predicted molar refractivity (Wildman–Crippen MR) is 103 cm³/mol. The van der Waals surface area contributed by atoms with E-state index in [0.717, 1.165) is 0 Å². The molecule has 2 aromatic carbocycles. The number of benzene rings is 2. The molecule has 0 fully saturated rings. The summed E-state index contributed by atoms with van der Waals surface area (Å²) in [5.74, 6) is -0.776. The smallest absolute Gasteiger partial charge is 0.338 e. The summed E-state index contributed by atoms with van der Waals surface area (Å²) in [5, 5.41) is 0.000267. The van der Waals surface area contributed by atoms with Gasteiger partial charge in [0.15, 0.2) is 16.0 Å². The molecule has 0 aliphatic rings. The molecule has 0 atom stereocenters. The van der Waals surface area contributed by atoms with Crippen LogP contribution in [0.25, 0.3) is 11.3 Å². The van der Waals surface area contributed by atoms with Gasteiger partial charge in [-0.05, 0) is 19.1 Å². The second-order valence-corrected chi connectivity index (χ2v) is 6.21. The zero-order valence-electron chi connectivity index (χ0n) is 14.3. The zero-order chi connectivity index (χ0) is 19.4. The van der Waals surface area contributed by atoms with E-state index in [4.69, 9.17) is 27.9 Å². The highest BCUT2D eigenvalue weighted by Gasteiger charge is 2.20. The summed E-state index contributed by atoms with van der Waals surface area (Å²) < 4.78 is 4.95. The first-order valence-electron chi connectivity index (χ1n) is 8.11. The first-order chi connectivity index (χ1) is 13.0. The number of nitrogens with zero attached hydrogens (tertiary/aromatic N) is 2. The molecular formula is C20H14Cl2N2O3. The van der Waals surface area contributed by atoms with Gasteiger partial charge in [-0.15, -0.1) is 0 Å². The van der Waals surface area contributed by atoms with E-state index in [-0.39, 0.29) is 21.8 Å². The number of rotatable bonds is 5. The van der Waals surface area contributed by atoms with Crippen molar-refractivity contribution in [2.45, 2.75) is 6.92 Å². The number of ether oxygens (including phenoxy) is 1. The maximum Gasteiger partial charge on any atom is 0.338 e. The minimum Gasteiger partial charge on any atom is -0.462 e. The largest absolute Gasteiger partial charge is 0.462 e.